The molecule has 0 aromatic rings. The summed E-state index contributed by atoms with van der Waals surface area (Å²) in [6.07, 6.45) is -7.42. The molecular formula is C80H143N25O26. The average molecular weight is 1870 g/mol. The molecule has 0 heterocycles. The van der Waals surface area contributed by atoms with Crippen LogP contribution >= 0.6 is 0 Å². The number of aliphatic hydroxyl groups is 1. The summed E-state index contributed by atoms with van der Waals surface area (Å²) in [5.41, 5.74) is 51.1. The van der Waals surface area contributed by atoms with Gasteiger partial charge in [0.05, 0.1) is 25.0 Å². The van der Waals surface area contributed by atoms with Crippen LogP contribution in [0.4, 0.5) is 0 Å². The summed E-state index contributed by atoms with van der Waals surface area (Å²) in [5.74, 6) is -27.2. The molecule has 744 valence electrons. The van der Waals surface area contributed by atoms with E-state index in [4.69, 9.17) is 56.7 Å². The molecule has 0 aliphatic carbocycles. The maximum atomic E-state index is 14.8. The van der Waals surface area contributed by atoms with Crippen LogP contribution in [0.25, 0.3) is 0 Å². The molecule has 17 atom stereocenters. The van der Waals surface area contributed by atoms with Gasteiger partial charge in [0.2, 0.25) is 88.6 Å². The zero-order chi connectivity index (χ0) is 100. The molecular weight excluding hydrogens is 1730 g/mol. The molecule has 0 aliphatic rings. The van der Waals surface area contributed by atoms with Gasteiger partial charge in [0.15, 0.2) is 18.0 Å². The lowest BCUT2D eigenvalue weighted by Crippen LogP contribution is -2.62. The molecule has 0 radical (unpaired) electrons. The first-order chi connectivity index (χ1) is 61.3. The Hall–Kier alpha value is -12.3. The minimum absolute atomic E-state index is 0.0272. The van der Waals surface area contributed by atoms with E-state index in [9.17, 15) is 121 Å². The molecule has 0 aliphatic heterocycles. The summed E-state index contributed by atoms with van der Waals surface area (Å²) in [4.78, 5) is 280. The number of unbranched alkanes of at least 4 members (excludes halogenated alkanes) is 3. The van der Waals surface area contributed by atoms with Gasteiger partial charge in [-0.1, -0.05) is 61.8 Å². The third kappa shape index (κ3) is 49.9. The number of carbonyl (C=O) groups excluding carboxylic acids is 15. The van der Waals surface area contributed by atoms with Gasteiger partial charge in [-0.2, -0.15) is 0 Å². The molecule has 0 aromatic heterocycles. The van der Waals surface area contributed by atoms with E-state index in [0.29, 0.717) is 12.8 Å². The topological polar surface area (TPSA) is 890 Å². The van der Waals surface area contributed by atoms with Gasteiger partial charge in [0, 0.05) is 32.4 Å². The van der Waals surface area contributed by atoms with Crippen LogP contribution in [0.15, 0.2) is 9.98 Å². The summed E-state index contributed by atoms with van der Waals surface area (Å²) in [6, 6.07) is -25.1. The molecule has 0 fully saturated rings. The van der Waals surface area contributed by atoms with E-state index < -0.39 is 278 Å². The zero-order valence-corrected chi connectivity index (χ0v) is 76.0. The van der Waals surface area contributed by atoms with Gasteiger partial charge in [-0.25, -0.2) is 4.79 Å². The normalized spacial score (nSPS) is 15.1. The van der Waals surface area contributed by atoms with Crippen molar-refractivity contribution in [3.63, 3.8) is 0 Å². The number of carbonyl (C=O) groups is 20. The smallest absolute Gasteiger partial charge is 0.328 e. The highest BCUT2D eigenvalue weighted by Gasteiger charge is 2.41. The standard InChI is InChI=1S/C80H143N25O26/c1-10-42(8)62(104-75(127)55(38-60(114)115)101-67(119)46(20-12-15-31-82)94-72(124)52(35-39(2)3)99-68(120)49(23-18-34-91-80(88)89)98-76(128)61(41(6)7)103-70(122)47(21-13-16-32-83)92-64(116)44(84)24-27-57(108)109)77(129)102-53(36-40(4)5)73(125)100-54(37-56(85)107)74(126)95-48(22-17-33-90-79(86)87)66(118)93-45(19-11-14-30-81)65(117)96-50(25-28-58(110)111)69(121)97-51(26-29-59(112)113)71(123)105-63(43(9)106)78(130)131/h39-55,61-63,106H,10-38,81-84H2,1-9H3,(H2,85,107)(H,92,116)(H,93,118)(H,94,124)(H,95,126)(H,96,117)(H,97,121)(H,98,128)(H,99,120)(H,100,125)(H,101,119)(H,102,129)(H,103,122)(H,104,127)(H,105,123)(H,108,109)(H,110,111)(H,112,113)(H,114,115)(H,130,131)(H4,86,87,90)(H4,88,89,91)/t42-,43+,44-,45-,46-,47-,48-,49-,50-,51-,52-,53-,54-,55-,61-,62-,63-/m0/s1. The van der Waals surface area contributed by atoms with Crippen LogP contribution in [0.1, 0.15) is 216 Å². The van der Waals surface area contributed by atoms with Gasteiger partial charge in [-0.05, 0) is 166 Å². The Morgan fingerprint density at radius 1 is 0.298 bits per heavy atom. The van der Waals surface area contributed by atoms with Gasteiger partial charge < -0.3 is 157 Å². The molecule has 38 N–H and O–H groups in total. The number of guanidine groups is 2. The summed E-state index contributed by atoms with van der Waals surface area (Å²) in [6.45, 7) is 14.0. The van der Waals surface area contributed by atoms with E-state index in [2.05, 4.69) is 79.1 Å². The number of nitrogens with two attached hydrogens (primary N) is 9. The van der Waals surface area contributed by atoms with Crippen molar-refractivity contribution >= 4 is 130 Å². The lowest BCUT2D eigenvalue weighted by molar-refractivity contribution is -0.145. The maximum absolute atomic E-state index is 14.8. The fourth-order valence-electron chi connectivity index (χ4n) is 12.9. The Morgan fingerprint density at radius 3 is 0.878 bits per heavy atom. The van der Waals surface area contributed by atoms with E-state index in [1.165, 1.54) is 6.92 Å². The van der Waals surface area contributed by atoms with Crippen molar-refractivity contribution in [2.75, 3.05) is 32.7 Å². The summed E-state index contributed by atoms with van der Waals surface area (Å²) >= 11 is 0. The van der Waals surface area contributed by atoms with Crippen molar-refractivity contribution in [3.05, 3.63) is 0 Å². The van der Waals surface area contributed by atoms with Crippen LogP contribution in [0.5, 0.6) is 0 Å². The quantitative estimate of drug-likeness (QED) is 0.0153. The predicted molar refractivity (Wildman–Crippen MR) is 473 cm³/mol. The third-order valence-electron chi connectivity index (χ3n) is 20.3. The molecule has 0 saturated heterocycles. The molecule has 131 heavy (non-hydrogen) atoms. The first-order valence-corrected chi connectivity index (χ1v) is 43.6. The number of nitrogens with one attached hydrogen (secondary N) is 14. The Balaban J connectivity index is 7.60. The van der Waals surface area contributed by atoms with Gasteiger partial charge in [0.25, 0.3) is 0 Å². The van der Waals surface area contributed by atoms with Crippen molar-refractivity contribution in [2.24, 2.45) is 85.3 Å². The van der Waals surface area contributed by atoms with Crippen molar-refractivity contribution in [2.45, 2.75) is 313 Å². The van der Waals surface area contributed by atoms with Gasteiger partial charge in [0.1, 0.15) is 78.5 Å². The SMILES string of the molecule is CC[C@H](C)[C@H](NC(=O)[C@H](CC(=O)O)NC(=O)[C@H](CCCCN)NC(=O)[C@H](CC(C)C)NC(=O)[C@H](CCCN=C(N)N)NC(=O)[C@@H](NC(=O)[C@H](CCCCN)NC(=O)[C@@H](N)CCC(=O)O)C(C)C)C(=O)N[C@@H](CC(C)C)C(=O)N[C@@H](CC(N)=O)C(=O)N[C@@H](CCCN=C(N)N)C(=O)N[C@@H](CCCCN)C(=O)N[C@@H](CCC(=O)O)C(=O)N[C@@H](CCC(=O)O)C(=O)N[C@H](C(=O)O)[C@@H](C)O. The second-order valence-corrected chi connectivity index (χ2v) is 33.0. The molecule has 51 nitrogen and oxygen atoms in total. The van der Waals surface area contributed by atoms with E-state index in [1.807, 2.05) is 5.32 Å². The summed E-state index contributed by atoms with van der Waals surface area (Å²) in [5, 5.41) is 92.2. The molecule has 0 bridgehead atoms. The van der Waals surface area contributed by atoms with Crippen LogP contribution in [0.2, 0.25) is 0 Å². The van der Waals surface area contributed by atoms with E-state index in [0.717, 1.165) is 6.92 Å². The molecule has 51 heteroatoms. The minimum Gasteiger partial charge on any atom is -0.481 e. The molecule has 0 saturated carbocycles. The molecule has 0 rings (SSSR count). The van der Waals surface area contributed by atoms with Crippen LogP contribution in [-0.2, 0) is 95.9 Å². The van der Waals surface area contributed by atoms with Crippen LogP contribution < -0.4 is 126 Å². The Morgan fingerprint density at radius 2 is 0.565 bits per heavy atom. The number of carboxylic acids is 5. The molecule has 0 spiro atoms. The van der Waals surface area contributed by atoms with Crippen molar-refractivity contribution in [1.82, 2.24) is 74.4 Å². The number of nitrogens with zero attached hydrogens (tertiary/aromatic N) is 2. The number of carboxylic acid groups (broad SMARTS) is 5. The molecule has 0 unspecified atom stereocenters. The van der Waals surface area contributed by atoms with Gasteiger partial charge >= 0.3 is 29.8 Å². The molecule has 0 aromatic carbocycles. The second-order valence-electron chi connectivity index (χ2n) is 33.0. The molecule has 15 amide bonds. The third-order valence-corrected chi connectivity index (χ3v) is 20.3. The first kappa shape index (κ1) is 119. The summed E-state index contributed by atoms with van der Waals surface area (Å²) in [7, 11) is 0. The number of hydrogen-bond acceptors (Lipinski definition) is 27. The Labute approximate surface area is 759 Å². The number of rotatable bonds is 70. The van der Waals surface area contributed by atoms with Crippen molar-refractivity contribution in [3.8, 4) is 0 Å². The van der Waals surface area contributed by atoms with Gasteiger partial charge in [-0.15, -0.1) is 0 Å². The lowest BCUT2D eigenvalue weighted by atomic mass is 9.96. The number of aliphatic imine (C=N–C) groups is 2. The monoisotopic (exact) mass is 1870 g/mol. The minimum atomic E-state index is -2.03. The largest absolute Gasteiger partial charge is 0.481 e. The Kier molecular flexibility index (Phi) is 57.7. The highest BCUT2D eigenvalue weighted by Crippen LogP contribution is 2.18. The number of primary amides is 1. The van der Waals surface area contributed by atoms with Crippen molar-refractivity contribution in [1.29, 1.82) is 0 Å². The maximum Gasteiger partial charge on any atom is 0.328 e. The average Bonchev–Trinajstić information content (AvgIpc) is 0.833. The highest BCUT2D eigenvalue weighted by atomic mass is 16.4. The number of hydrogen-bond donors (Lipinski definition) is 29. The van der Waals surface area contributed by atoms with Crippen LogP contribution in [0, 0.1) is 23.7 Å². The van der Waals surface area contributed by atoms with E-state index in [1.54, 1.807) is 48.5 Å². The van der Waals surface area contributed by atoms with Gasteiger partial charge in [-0.3, -0.25) is 101 Å². The number of aliphatic carboxylic acids is 5. The Bertz CT molecular complexity index is 3850. The predicted octanol–water partition coefficient (Wildman–Crippen LogP) is -8.20. The van der Waals surface area contributed by atoms with Crippen LogP contribution in [0.3, 0.4) is 0 Å². The van der Waals surface area contributed by atoms with Crippen LogP contribution in [-0.4, -0.2) is 290 Å². The van der Waals surface area contributed by atoms with E-state index in [-0.39, 0.29) is 147 Å². The summed E-state index contributed by atoms with van der Waals surface area (Å²) < 4.78 is 0. The zero-order valence-electron chi connectivity index (χ0n) is 76.0. The van der Waals surface area contributed by atoms with E-state index >= 15 is 0 Å². The fraction of sp³-hybridized carbons (Fsp3) is 0.725. The lowest BCUT2D eigenvalue weighted by Gasteiger charge is -2.30. The van der Waals surface area contributed by atoms with Crippen molar-refractivity contribution < 1.29 is 127 Å². The first-order valence-electron chi connectivity index (χ1n) is 43.6. The fourth-order valence-corrected chi connectivity index (χ4v) is 12.9. The number of aliphatic hydroxyl groups excluding tert-OH is 1. The highest BCUT2D eigenvalue weighted by molar-refractivity contribution is 6.02. The second kappa shape index (κ2) is 63.7. The number of amides is 15.